The Kier molecular flexibility index (Phi) is 7.66. The van der Waals surface area contributed by atoms with Crippen LogP contribution in [0.25, 0.3) is 0 Å². The van der Waals surface area contributed by atoms with Crippen molar-refractivity contribution in [1.82, 2.24) is 5.43 Å². The Labute approximate surface area is 165 Å². The number of aliphatic carboxylic acids is 1. The van der Waals surface area contributed by atoms with Gasteiger partial charge in [0.1, 0.15) is 0 Å². The van der Waals surface area contributed by atoms with Crippen LogP contribution in [-0.2, 0) is 16.0 Å². The van der Waals surface area contributed by atoms with Crippen molar-refractivity contribution in [2.24, 2.45) is 5.10 Å². The van der Waals surface area contributed by atoms with Gasteiger partial charge in [0, 0.05) is 11.6 Å². The molecule has 29 heavy (non-hydrogen) atoms. The highest BCUT2D eigenvalue weighted by Crippen LogP contribution is 2.28. The predicted octanol–water partition coefficient (Wildman–Crippen LogP) is 2.15. The van der Waals surface area contributed by atoms with Gasteiger partial charge in [-0.05, 0) is 30.7 Å². The highest BCUT2D eigenvalue weighted by atomic mass is 16.6. The van der Waals surface area contributed by atoms with Crippen molar-refractivity contribution in [2.45, 2.75) is 13.3 Å². The number of nitro groups is 1. The Balaban J connectivity index is 2.02. The lowest BCUT2D eigenvalue weighted by molar-refractivity contribution is -0.385. The first-order valence-corrected chi connectivity index (χ1v) is 8.56. The van der Waals surface area contributed by atoms with E-state index in [9.17, 15) is 19.7 Å². The normalized spacial score (nSPS) is 10.5. The number of nitrogens with one attached hydrogen (secondary N) is 1. The lowest BCUT2D eigenvalue weighted by atomic mass is 10.1. The van der Waals surface area contributed by atoms with E-state index >= 15 is 0 Å². The van der Waals surface area contributed by atoms with E-state index in [1.807, 2.05) is 0 Å². The third kappa shape index (κ3) is 6.61. The van der Waals surface area contributed by atoms with E-state index in [1.54, 1.807) is 25.1 Å². The predicted molar refractivity (Wildman–Crippen MR) is 103 cm³/mol. The van der Waals surface area contributed by atoms with Crippen LogP contribution in [0, 0.1) is 10.1 Å². The van der Waals surface area contributed by atoms with Crippen molar-refractivity contribution >= 4 is 23.8 Å². The van der Waals surface area contributed by atoms with Gasteiger partial charge in [-0.1, -0.05) is 18.2 Å². The van der Waals surface area contributed by atoms with E-state index in [1.165, 1.54) is 30.5 Å². The number of nitro benzene ring substituents is 1. The molecule has 0 aliphatic rings. The van der Waals surface area contributed by atoms with Gasteiger partial charge in [-0.15, -0.1) is 0 Å². The molecule has 0 atom stereocenters. The fourth-order valence-electron chi connectivity index (χ4n) is 2.36. The lowest BCUT2D eigenvalue weighted by Crippen LogP contribution is -2.20. The second kappa shape index (κ2) is 10.4. The topological polar surface area (TPSA) is 140 Å². The molecule has 152 valence electrons. The Morgan fingerprint density at radius 1 is 1.21 bits per heavy atom. The van der Waals surface area contributed by atoms with E-state index in [4.69, 9.17) is 14.6 Å². The third-order valence-corrected chi connectivity index (χ3v) is 3.56. The maximum Gasteiger partial charge on any atom is 0.341 e. The zero-order chi connectivity index (χ0) is 21.2. The molecule has 0 spiro atoms. The number of benzene rings is 2. The van der Waals surface area contributed by atoms with Gasteiger partial charge in [0.25, 0.3) is 5.69 Å². The molecule has 10 nitrogen and oxygen atoms in total. The van der Waals surface area contributed by atoms with Crippen molar-refractivity contribution < 1.29 is 29.1 Å². The zero-order valence-electron chi connectivity index (χ0n) is 15.5. The number of hydrogen-bond donors (Lipinski definition) is 2. The molecule has 0 bridgehead atoms. The number of rotatable bonds is 10. The molecule has 10 heteroatoms. The number of carboxylic acids is 1. The van der Waals surface area contributed by atoms with Crippen LogP contribution in [0.4, 0.5) is 5.69 Å². The van der Waals surface area contributed by atoms with Crippen molar-refractivity contribution in [2.75, 3.05) is 13.2 Å². The fourth-order valence-corrected chi connectivity index (χ4v) is 2.36. The van der Waals surface area contributed by atoms with Crippen molar-refractivity contribution in [3.05, 3.63) is 63.7 Å². The molecule has 2 aromatic carbocycles. The van der Waals surface area contributed by atoms with Gasteiger partial charge >= 0.3 is 5.97 Å². The van der Waals surface area contributed by atoms with E-state index in [0.29, 0.717) is 17.9 Å². The van der Waals surface area contributed by atoms with Crippen molar-refractivity contribution in [3.63, 3.8) is 0 Å². The maximum absolute atomic E-state index is 12.0. The summed E-state index contributed by atoms with van der Waals surface area (Å²) in [6.45, 7) is 1.61. The van der Waals surface area contributed by atoms with Gasteiger partial charge in [-0.2, -0.15) is 5.10 Å². The lowest BCUT2D eigenvalue weighted by Gasteiger charge is -2.11. The highest BCUT2D eigenvalue weighted by molar-refractivity contribution is 5.84. The van der Waals surface area contributed by atoms with Crippen LogP contribution in [0.2, 0.25) is 0 Å². The molecule has 2 N–H and O–H groups in total. The Morgan fingerprint density at radius 2 is 1.97 bits per heavy atom. The monoisotopic (exact) mass is 401 g/mol. The molecule has 0 saturated heterocycles. The molecule has 0 aromatic heterocycles. The Morgan fingerprint density at radius 3 is 2.66 bits per heavy atom. The van der Waals surface area contributed by atoms with E-state index in [-0.39, 0.29) is 23.4 Å². The number of carboxylic acid groups (broad SMARTS) is 1. The summed E-state index contributed by atoms with van der Waals surface area (Å²) in [5, 5.41) is 23.5. The quantitative estimate of drug-likeness (QED) is 0.353. The number of carbonyl (C=O) groups is 2. The van der Waals surface area contributed by atoms with E-state index in [2.05, 4.69) is 10.5 Å². The summed E-state index contributed by atoms with van der Waals surface area (Å²) in [6.07, 6.45) is 1.17. The average molecular weight is 401 g/mol. The molecule has 2 rings (SSSR count). The van der Waals surface area contributed by atoms with Crippen LogP contribution in [0.15, 0.2) is 47.6 Å². The smallest absolute Gasteiger partial charge is 0.341 e. The van der Waals surface area contributed by atoms with Crippen LogP contribution in [0.5, 0.6) is 11.5 Å². The molecule has 0 aliphatic carbocycles. The van der Waals surface area contributed by atoms with Gasteiger partial charge in [0.05, 0.1) is 24.2 Å². The van der Waals surface area contributed by atoms with Gasteiger partial charge in [0.2, 0.25) is 5.91 Å². The van der Waals surface area contributed by atoms with Gasteiger partial charge in [-0.3, -0.25) is 14.9 Å². The minimum absolute atomic E-state index is 0.134. The molecule has 0 aliphatic heterocycles. The summed E-state index contributed by atoms with van der Waals surface area (Å²) < 4.78 is 10.6. The average Bonchev–Trinajstić information content (AvgIpc) is 2.67. The molecule has 0 saturated carbocycles. The molecule has 0 unspecified atom stereocenters. The first-order chi connectivity index (χ1) is 13.9. The molecule has 0 heterocycles. The molecule has 0 radical (unpaired) electrons. The number of hydrogen-bond acceptors (Lipinski definition) is 7. The van der Waals surface area contributed by atoms with Crippen LogP contribution in [0.3, 0.4) is 0 Å². The molecule has 0 fully saturated rings. The number of para-hydroxylation sites is 1. The Hall–Kier alpha value is -3.95. The van der Waals surface area contributed by atoms with Gasteiger partial charge in [-0.25, -0.2) is 10.2 Å². The van der Waals surface area contributed by atoms with Crippen LogP contribution < -0.4 is 14.9 Å². The highest BCUT2D eigenvalue weighted by Gasteiger charge is 2.15. The van der Waals surface area contributed by atoms with Gasteiger partial charge in [0.15, 0.2) is 18.1 Å². The molecule has 1 amide bonds. The first kappa shape index (κ1) is 21.4. The van der Waals surface area contributed by atoms with Crippen molar-refractivity contribution in [3.8, 4) is 11.5 Å². The third-order valence-electron chi connectivity index (χ3n) is 3.56. The number of amides is 1. The summed E-state index contributed by atoms with van der Waals surface area (Å²) in [4.78, 5) is 33.1. The summed E-state index contributed by atoms with van der Waals surface area (Å²) in [7, 11) is 0. The minimum Gasteiger partial charge on any atom is -0.490 e. The second-order valence-corrected chi connectivity index (χ2v) is 5.68. The van der Waals surface area contributed by atoms with Crippen LogP contribution >= 0.6 is 0 Å². The SMILES string of the molecule is CCOc1cc(C=NNC(=O)Cc2ccccc2[N+](=O)[O-])ccc1OCC(=O)O. The minimum atomic E-state index is -1.11. The summed E-state index contributed by atoms with van der Waals surface area (Å²) >= 11 is 0. The number of ether oxygens (including phenoxy) is 2. The van der Waals surface area contributed by atoms with E-state index in [0.717, 1.165) is 0 Å². The first-order valence-electron chi connectivity index (χ1n) is 8.56. The van der Waals surface area contributed by atoms with Crippen molar-refractivity contribution in [1.29, 1.82) is 0 Å². The number of carbonyl (C=O) groups excluding carboxylic acids is 1. The molecular formula is C19H19N3O7. The molecule has 2 aromatic rings. The zero-order valence-corrected chi connectivity index (χ0v) is 15.5. The fraction of sp³-hybridized carbons (Fsp3) is 0.211. The Bertz CT molecular complexity index is 928. The second-order valence-electron chi connectivity index (χ2n) is 5.68. The largest absolute Gasteiger partial charge is 0.490 e. The van der Waals surface area contributed by atoms with Gasteiger partial charge < -0.3 is 14.6 Å². The number of nitrogens with zero attached hydrogens (tertiary/aromatic N) is 2. The standard InChI is InChI=1S/C19H19N3O7/c1-2-28-17-9-13(7-8-16(17)29-12-19(24)25)11-20-21-18(23)10-14-5-3-4-6-15(14)22(26)27/h3-9,11H,2,10,12H2,1H3,(H,21,23)(H,24,25). The summed E-state index contributed by atoms with van der Waals surface area (Å²) in [6, 6.07) is 10.7. The molecular weight excluding hydrogens is 382 g/mol. The maximum atomic E-state index is 12.0. The van der Waals surface area contributed by atoms with Crippen LogP contribution in [-0.4, -0.2) is 41.3 Å². The number of hydrazone groups is 1. The van der Waals surface area contributed by atoms with Crippen LogP contribution in [0.1, 0.15) is 18.1 Å². The summed E-state index contributed by atoms with van der Waals surface area (Å²) in [5.41, 5.74) is 3.03. The van der Waals surface area contributed by atoms with E-state index < -0.39 is 23.4 Å². The summed E-state index contributed by atoms with van der Waals surface area (Å²) in [5.74, 6) is -1.02.